The SMILES string of the molecule is CC(C)C1=NC=NC2C=CN=[N+]12. The van der Waals surface area contributed by atoms with Gasteiger partial charge in [-0.3, -0.25) is 0 Å². The lowest BCUT2D eigenvalue weighted by atomic mass is 10.2. The van der Waals surface area contributed by atoms with Crippen molar-refractivity contribution in [1.29, 1.82) is 0 Å². The topological polar surface area (TPSA) is 40.1 Å². The van der Waals surface area contributed by atoms with Crippen molar-refractivity contribution in [3.63, 3.8) is 0 Å². The Labute approximate surface area is 71.0 Å². The molecule has 0 spiro atoms. The van der Waals surface area contributed by atoms with E-state index in [-0.39, 0.29) is 6.17 Å². The fourth-order valence-corrected chi connectivity index (χ4v) is 1.28. The minimum atomic E-state index is 0.0555. The molecule has 0 bridgehead atoms. The number of azo groups is 2. The summed E-state index contributed by atoms with van der Waals surface area (Å²) in [5.41, 5.74) is 0. The van der Waals surface area contributed by atoms with E-state index in [4.69, 9.17) is 0 Å². The van der Waals surface area contributed by atoms with E-state index in [1.165, 1.54) is 0 Å². The van der Waals surface area contributed by atoms with Crippen LogP contribution in [0.15, 0.2) is 27.4 Å². The number of nitrogens with zero attached hydrogens (tertiary/aromatic N) is 4. The maximum atomic E-state index is 4.19. The van der Waals surface area contributed by atoms with Gasteiger partial charge in [-0.05, 0) is 4.99 Å². The van der Waals surface area contributed by atoms with Crippen LogP contribution in [0, 0.1) is 5.92 Å². The highest BCUT2D eigenvalue weighted by Gasteiger charge is 2.31. The summed E-state index contributed by atoms with van der Waals surface area (Å²) in [5.74, 6) is 1.38. The van der Waals surface area contributed by atoms with Crippen molar-refractivity contribution in [3.05, 3.63) is 12.3 Å². The van der Waals surface area contributed by atoms with Gasteiger partial charge in [-0.1, -0.05) is 19.0 Å². The Morgan fingerprint density at radius 3 is 3.08 bits per heavy atom. The number of hydrogen-bond donors (Lipinski definition) is 0. The predicted molar refractivity (Wildman–Crippen MR) is 46.4 cm³/mol. The molecule has 0 N–H and O–H groups in total. The number of rotatable bonds is 1. The summed E-state index contributed by atoms with van der Waals surface area (Å²) < 4.78 is 1.85. The Bertz CT molecular complexity index is 309. The van der Waals surface area contributed by atoms with E-state index in [2.05, 4.69) is 28.9 Å². The lowest BCUT2D eigenvalue weighted by Crippen LogP contribution is -2.32. The van der Waals surface area contributed by atoms with Gasteiger partial charge in [-0.15, -0.1) is 4.70 Å². The zero-order valence-corrected chi connectivity index (χ0v) is 7.18. The van der Waals surface area contributed by atoms with Crippen LogP contribution in [0.4, 0.5) is 0 Å². The Hall–Kier alpha value is -1.32. The van der Waals surface area contributed by atoms with Gasteiger partial charge in [0, 0.05) is 6.08 Å². The van der Waals surface area contributed by atoms with E-state index in [1.54, 1.807) is 12.5 Å². The molecule has 1 atom stereocenters. The number of hydrogen-bond acceptors (Lipinski definition) is 3. The molecule has 2 aliphatic rings. The van der Waals surface area contributed by atoms with E-state index >= 15 is 0 Å². The highest BCUT2D eigenvalue weighted by Crippen LogP contribution is 2.13. The van der Waals surface area contributed by atoms with Crippen LogP contribution in [-0.2, 0) is 0 Å². The highest BCUT2D eigenvalue weighted by molar-refractivity contribution is 5.85. The highest BCUT2D eigenvalue weighted by atomic mass is 15.4. The molecule has 12 heavy (non-hydrogen) atoms. The van der Waals surface area contributed by atoms with Crippen LogP contribution in [0.3, 0.4) is 0 Å². The molecule has 4 nitrogen and oxygen atoms in total. The maximum Gasteiger partial charge on any atom is 0.325 e. The van der Waals surface area contributed by atoms with Crippen molar-refractivity contribution in [2.45, 2.75) is 20.0 Å². The van der Waals surface area contributed by atoms with Crippen molar-refractivity contribution in [1.82, 2.24) is 0 Å². The van der Waals surface area contributed by atoms with E-state index in [0.717, 1.165) is 5.84 Å². The third-order valence-corrected chi connectivity index (χ3v) is 1.86. The summed E-state index contributed by atoms with van der Waals surface area (Å²) in [6.45, 7) is 4.20. The molecule has 0 aliphatic carbocycles. The van der Waals surface area contributed by atoms with Gasteiger partial charge in [-0.25, -0.2) is 0 Å². The lowest BCUT2D eigenvalue weighted by molar-refractivity contribution is -0.504. The van der Waals surface area contributed by atoms with Crippen molar-refractivity contribution < 1.29 is 4.70 Å². The molecule has 2 aliphatic heterocycles. The Kier molecular flexibility index (Phi) is 1.60. The molecular formula is C8H11N4+. The van der Waals surface area contributed by atoms with Crippen molar-refractivity contribution >= 4 is 12.2 Å². The van der Waals surface area contributed by atoms with Gasteiger partial charge in [0.25, 0.3) is 0 Å². The molecule has 0 aromatic rings. The molecule has 0 aromatic carbocycles. The Morgan fingerprint density at radius 1 is 1.50 bits per heavy atom. The summed E-state index contributed by atoms with van der Waals surface area (Å²) in [7, 11) is 0. The van der Waals surface area contributed by atoms with Crippen molar-refractivity contribution in [3.8, 4) is 0 Å². The Balaban J connectivity index is 2.35. The molecule has 2 rings (SSSR count). The molecule has 62 valence electrons. The van der Waals surface area contributed by atoms with Gasteiger partial charge < -0.3 is 0 Å². The average molecular weight is 163 g/mol. The van der Waals surface area contributed by atoms with Crippen LogP contribution < -0.4 is 0 Å². The van der Waals surface area contributed by atoms with Gasteiger partial charge in [0.15, 0.2) is 0 Å². The predicted octanol–water partition coefficient (Wildman–Crippen LogP) is 1.40. The second-order valence-electron chi connectivity index (χ2n) is 3.12. The summed E-state index contributed by atoms with van der Waals surface area (Å²) >= 11 is 0. The average Bonchev–Trinajstić information content (AvgIpc) is 2.49. The van der Waals surface area contributed by atoms with Crippen LogP contribution in [0.5, 0.6) is 0 Å². The summed E-state index contributed by atoms with van der Waals surface area (Å²) in [4.78, 5) is 8.35. The van der Waals surface area contributed by atoms with Crippen molar-refractivity contribution in [2.24, 2.45) is 21.0 Å². The van der Waals surface area contributed by atoms with Gasteiger partial charge in [0.05, 0.1) is 12.1 Å². The normalized spacial score (nSPS) is 25.8. The minimum Gasteiger partial charge on any atom is -0.197 e. The molecule has 1 unspecified atom stereocenters. The van der Waals surface area contributed by atoms with E-state index < -0.39 is 0 Å². The van der Waals surface area contributed by atoms with Crippen LogP contribution in [0.25, 0.3) is 0 Å². The van der Waals surface area contributed by atoms with E-state index in [0.29, 0.717) is 5.92 Å². The molecule has 0 saturated carbocycles. The fourth-order valence-electron chi connectivity index (χ4n) is 1.28. The molecule has 4 heteroatoms. The molecule has 0 saturated heterocycles. The molecule has 2 heterocycles. The van der Waals surface area contributed by atoms with Gasteiger partial charge >= 0.3 is 5.84 Å². The lowest BCUT2D eigenvalue weighted by Gasteiger charge is -2.09. The summed E-state index contributed by atoms with van der Waals surface area (Å²) in [6.07, 6.45) is 5.39. The zero-order chi connectivity index (χ0) is 8.55. The third-order valence-electron chi connectivity index (χ3n) is 1.86. The second-order valence-corrected chi connectivity index (χ2v) is 3.12. The maximum absolute atomic E-state index is 4.19. The minimum absolute atomic E-state index is 0.0555. The van der Waals surface area contributed by atoms with Gasteiger partial charge in [0.2, 0.25) is 12.5 Å². The first-order valence-corrected chi connectivity index (χ1v) is 4.05. The first-order valence-electron chi connectivity index (χ1n) is 4.05. The largest absolute Gasteiger partial charge is 0.325 e. The number of amidine groups is 1. The van der Waals surface area contributed by atoms with E-state index in [1.807, 2.05) is 10.8 Å². The van der Waals surface area contributed by atoms with Crippen LogP contribution in [0.1, 0.15) is 13.8 Å². The quantitative estimate of drug-likeness (QED) is 0.524. The summed E-state index contributed by atoms with van der Waals surface area (Å²) in [5, 5.41) is 4.17. The monoisotopic (exact) mass is 163 g/mol. The standard InChI is InChI=1S/C8H11N4/c1-6(2)8-10-5-9-7-3-4-11-12(7)8/h3-7H,1-2H3/q+1. The third kappa shape index (κ3) is 0.995. The van der Waals surface area contributed by atoms with Crippen LogP contribution in [-0.4, -0.2) is 23.0 Å². The van der Waals surface area contributed by atoms with Gasteiger partial charge in [-0.2, -0.15) is 4.99 Å². The smallest absolute Gasteiger partial charge is 0.197 e. The molecular weight excluding hydrogens is 152 g/mol. The number of fused-ring (bicyclic) bond motifs is 1. The van der Waals surface area contributed by atoms with Crippen LogP contribution in [0.2, 0.25) is 0 Å². The summed E-state index contributed by atoms with van der Waals surface area (Å²) in [6, 6.07) is 0. The van der Waals surface area contributed by atoms with E-state index in [9.17, 15) is 0 Å². The second kappa shape index (κ2) is 2.62. The molecule has 0 radical (unpaired) electrons. The Morgan fingerprint density at radius 2 is 2.33 bits per heavy atom. The zero-order valence-electron chi connectivity index (χ0n) is 7.18. The van der Waals surface area contributed by atoms with Crippen LogP contribution >= 0.6 is 0 Å². The van der Waals surface area contributed by atoms with Crippen molar-refractivity contribution in [2.75, 3.05) is 0 Å². The molecule has 0 fully saturated rings. The number of aliphatic imine (C=N–C) groups is 2. The first-order chi connectivity index (χ1) is 5.79. The fraction of sp³-hybridized carbons (Fsp3) is 0.500. The van der Waals surface area contributed by atoms with Gasteiger partial charge in [0.1, 0.15) is 0 Å². The molecule has 0 amide bonds. The molecule has 0 aromatic heterocycles. The first kappa shape index (κ1) is 7.34.